The van der Waals surface area contributed by atoms with Crippen LogP contribution in [-0.4, -0.2) is 50.8 Å². The molecule has 1 atom stereocenters. The van der Waals surface area contributed by atoms with E-state index in [0.29, 0.717) is 17.9 Å². The van der Waals surface area contributed by atoms with E-state index in [1.54, 1.807) is 43.4 Å². The molecule has 1 aliphatic rings. The van der Waals surface area contributed by atoms with Crippen molar-refractivity contribution in [1.82, 2.24) is 9.21 Å². The van der Waals surface area contributed by atoms with Crippen LogP contribution in [0.5, 0.6) is 0 Å². The van der Waals surface area contributed by atoms with E-state index < -0.39 is 21.7 Å². The highest BCUT2D eigenvalue weighted by atomic mass is 32.2. The normalized spacial score (nSPS) is 16.5. The zero-order valence-corrected chi connectivity index (χ0v) is 20.8. The molecule has 1 aliphatic heterocycles. The summed E-state index contributed by atoms with van der Waals surface area (Å²) in [6.45, 7) is 2.87. The van der Waals surface area contributed by atoms with Crippen LogP contribution >= 0.6 is 0 Å². The molecule has 35 heavy (non-hydrogen) atoms. The topological polar surface area (TPSA) is 40.6 Å². The van der Waals surface area contributed by atoms with Crippen LogP contribution in [-0.2, 0) is 10.0 Å². The van der Waals surface area contributed by atoms with Gasteiger partial charge in [0.15, 0.2) is 11.6 Å². The average Bonchev–Trinajstić information content (AvgIpc) is 2.89. The maximum atomic E-state index is 14.1. The highest BCUT2D eigenvalue weighted by Gasteiger charge is 2.26. The summed E-state index contributed by atoms with van der Waals surface area (Å²) in [4.78, 5) is 2.60. The molecule has 0 aromatic heterocycles. The molecule has 1 heterocycles. The van der Waals surface area contributed by atoms with E-state index >= 15 is 0 Å². The van der Waals surface area contributed by atoms with Gasteiger partial charge in [-0.1, -0.05) is 54.6 Å². The Hall–Kier alpha value is -2.61. The molecule has 0 spiro atoms. The van der Waals surface area contributed by atoms with Gasteiger partial charge >= 0.3 is 0 Å². The molecule has 3 aromatic rings. The van der Waals surface area contributed by atoms with Crippen molar-refractivity contribution in [3.63, 3.8) is 0 Å². The summed E-state index contributed by atoms with van der Waals surface area (Å²) in [6.07, 6.45) is 2.79. The first-order valence-electron chi connectivity index (χ1n) is 12.1. The van der Waals surface area contributed by atoms with Gasteiger partial charge in [-0.3, -0.25) is 0 Å². The van der Waals surface area contributed by atoms with Gasteiger partial charge in [0.05, 0.1) is 4.90 Å². The Bertz CT molecular complexity index is 1200. The van der Waals surface area contributed by atoms with Crippen LogP contribution in [0.1, 0.15) is 42.2 Å². The SMILES string of the molecule is CN(CC(CCN1CCC(c2ccccc2)CC1)c1ccc(F)c(F)c1)S(=O)(=O)c1ccccc1. The first kappa shape index (κ1) is 25.5. The molecule has 186 valence electrons. The van der Waals surface area contributed by atoms with E-state index in [0.717, 1.165) is 38.5 Å². The molecule has 0 radical (unpaired) electrons. The van der Waals surface area contributed by atoms with Crippen molar-refractivity contribution in [3.8, 4) is 0 Å². The molecule has 1 unspecified atom stereocenters. The highest BCUT2D eigenvalue weighted by molar-refractivity contribution is 7.89. The summed E-state index contributed by atoms with van der Waals surface area (Å²) in [5.74, 6) is -1.53. The Kier molecular flexibility index (Phi) is 8.31. The van der Waals surface area contributed by atoms with Crippen molar-refractivity contribution in [2.24, 2.45) is 0 Å². The predicted molar refractivity (Wildman–Crippen MR) is 135 cm³/mol. The van der Waals surface area contributed by atoms with Crippen LogP contribution < -0.4 is 0 Å². The van der Waals surface area contributed by atoms with Gasteiger partial charge in [-0.15, -0.1) is 0 Å². The summed E-state index contributed by atoms with van der Waals surface area (Å²) in [5.41, 5.74) is 1.98. The molecule has 7 heteroatoms. The first-order valence-corrected chi connectivity index (χ1v) is 13.5. The van der Waals surface area contributed by atoms with Crippen molar-refractivity contribution in [2.45, 2.75) is 36.0 Å². The molecule has 0 amide bonds. The van der Waals surface area contributed by atoms with Crippen molar-refractivity contribution < 1.29 is 17.2 Å². The number of hydrogen-bond donors (Lipinski definition) is 0. The third-order valence-electron chi connectivity index (χ3n) is 7.00. The maximum Gasteiger partial charge on any atom is 0.242 e. The Labute approximate surface area is 207 Å². The molecule has 0 saturated carbocycles. The van der Waals surface area contributed by atoms with Gasteiger partial charge in [0.1, 0.15) is 0 Å². The molecule has 1 saturated heterocycles. The van der Waals surface area contributed by atoms with Gasteiger partial charge in [-0.05, 0) is 86.1 Å². The maximum absolute atomic E-state index is 14.1. The van der Waals surface area contributed by atoms with E-state index in [-0.39, 0.29) is 17.4 Å². The zero-order valence-electron chi connectivity index (χ0n) is 20.0. The Morgan fingerprint density at radius 3 is 2.17 bits per heavy atom. The minimum absolute atomic E-state index is 0.183. The van der Waals surface area contributed by atoms with Crippen molar-refractivity contribution in [2.75, 3.05) is 33.2 Å². The lowest BCUT2D eigenvalue weighted by Crippen LogP contribution is -2.36. The standard InChI is InChI=1S/C28H32F2N2O2S/c1-31(35(33,34)26-10-6-3-7-11-26)21-25(24-12-13-27(29)28(30)20-24)16-19-32-17-14-23(15-18-32)22-8-4-2-5-9-22/h2-13,20,23,25H,14-19,21H2,1H3. The summed E-state index contributed by atoms with van der Waals surface area (Å²) in [6, 6.07) is 22.7. The van der Waals surface area contributed by atoms with Gasteiger partial charge in [0.25, 0.3) is 0 Å². The van der Waals surface area contributed by atoms with Crippen LogP contribution in [0.3, 0.4) is 0 Å². The lowest BCUT2D eigenvalue weighted by atomic mass is 9.89. The smallest absolute Gasteiger partial charge is 0.242 e. The second-order valence-electron chi connectivity index (χ2n) is 9.28. The molecule has 0 N–H and O–H groups in total. The van der Waals surface area contributed by atoms with Crippen LogP contribution in [0, 0.1) is 11.6 Å². The van der Waals surface area contributed by atoms with Crippen LogP contribution in [0.4, 0.5) is 8.78 Å². The quantitative estimate of drug-likeness (QED) is 0.383. The Morgan fingerprint density at radius 2 is 1.54 bits per heavy atom. The number of sulfonamides is 1. The fraction of sp³-hybridized carbons (Fsp3) is 0.357. The summed E-state index contributed by atoms with van der Waals surface area (Å²) in [7, 11) is -2.15. The van der Waals surface area contributed by atoms with Crippen LogP contribution in [0.15, 0.2) is 83.8 Å². The summed E-state index contributed by atoms with van der Waals surface area (Å²) < 4.78 is 55.1. The molecule has 3 aromatic carbocycles. The number of likely N-dealkylation sites (tertiary alicyclic amines) is 1. The number of halogens is 2. The second-order valence-corrected chi connectivity index (χ2v) is 11.3. The fourth-order valence-corrected chi connectivity index (χ4v) is 6.10. The van der Waals surface area contributed by atoms with Crippen LogP contribution in [0.2, 0.25) is 0 Å². The Morgan fingerprint density at radius 1 is 0.914 bits per heavy atom. The van der Waals surface area contributed by atoms with Gasteiger partial charge in [0, 0.05) is 13.6 Å². The number of nitrogens with zero attached hydrogens (tertiary/aromatic N) is 2. The number of hydrogen-bond acceptors (Lipinski definition) is 3. The minimum atomic E-state index is -3.69. The van der Waals surface area contributed by atoms with Gasteiger partial charge < -0.3 is 4.90 Å². The second kappa shape index (κ2) is 11.4. The number of likely N-dealkylation sites (N-methyl/N-ethyl adjacent to an activating group) is 1. The average molecular weight is 499 g/mol. The van der Waals surface area contributed by atoms with Gasteiger partial charge in [-0.2, -0.15) is 0 Å². The van der Waals surface area contributed by atoms with Crippen molar-refractivity contribution in [1.29, 1.82) is 0 Å². The van der Waals surface area contributed by atoms with E-state index in [9.17, 15) is 17.2 Å². The number of piperidine rings is 1. The molecule has 4 rings (SSSR count). The predicted octanol–water partition coefficient (Wildman–Crippen LogP) is 5.64. The van der Waals surface area contributed by atoms with E-state index in [1.165, 1.54) is 15.9 Å². The third-order valence-corrected chi connectivity index (χ3v) is 8.83. The largest absolute Gasteiger partial charge is 0.303 e. The lowest BCUT2D eigenvalue weighted by molar-refractivity contribution is 0.203. The minimum Gasteiger partial charge on any atom is -0.303 e. The monoisotopic (exact) mass is 498 g/mol. The van der Waals surface area contributed by atoms with Crippen LogP contribution in [0.25, 0.3) is 0 Å². The molecular weight excluding hydrogens is 466 g/mol. The third kappa shape index (κ3) is 6.34. The Balaban J connectivity index is 1.44. The summed E-state index contributed by atoms with van der Waals surface area (Å²) >= 11 is 0. The lowest BCUT2D eigenvalue weighted by Gasteiger charge is -2.33. The zero-order chi connectivity index (χ0) is 24.8. The first-order chi connectivity index (χ1) is 16.8. The molecule has 0 bridgehead atoms. The van der Waals surface area contributed by atoms with Crippen molar-refractivity contribution in [3.05, 3.63) is 102 Å². The number of rotatable bonds is 9. The fourth-order valence-electron chi connectivity index (χ4n) is 4.86. The van der Waals surface area contributed by atoms with E-state index in [2.05, 4.69) is 29.2 Å². The molecule has 0 aliphatic carbocycles. The van der Waals surface area contributed by atoms with Crippen molar-refractivity contribution >= 4 is 10.0 Å². The van der Waals surface area contributed by atoms with Gasteiger partial charge in [-0.25, -0.2) is 21.5 Å². The number of benzene rings is 3. The van der Waals surface area contributed by atoms with Gasteiger partial charge in [0.2, 0.25) is 10.0 Å². The molecular formula is C28H32F2N2O2S. The van der Waals surface area contributed by atoms with E-state index in [1.807, 2.05) is 6.07 Å². The molecule has 4 nitrogen and oxygen atoms in total. The highest BCUT2D eigenvalue weighted by Crippen LogP contribution is 2.30. The molecule has 1 fully saturated rings. The van der Waals surface area contributed by atoms with E-state index in [4.69, 9.17) is 0 Å². The summed E-state index contributed by atoms with van der Waals surface area (Å²) in [5, 5.41) is 0.